The van der Waals surface area contributed by atoms with E-state index in [9.17, 15) is 9.59 Å². The van der Waals surface area contributed by atoms with E-state index in [1.807, 2.05) is 54.6 Å². The maximum atomic E-state index is 13.1. The Labute approximate surface area is 188 Å². The fourth-order valence-electron chi connectivity index (χ4n) is 3.78. The second-order valence-electron chi connectivity index (χ2n) is 7.30. The molecule has 3 heterocycles. The molecule has 0 saturated heterocycles. The zero-order valence-corrected chi connectivity index (χ0v) is 17.8. The van der Waals surface area contributed by atoms with Crippen LogP contribution < -0.4 is 5.32 Å². The number of nitrogens with zero attached hydrogens (tertiary/aromatic N) is 3. The van der Waals surface area contributed by atoms with Gasteiger partial charge in [0.2, 0.25) is 5.76 Å². The lowest BCUT2D eigenvalue weighted by atomic mass is 10.1. The predicted molar refractivity (Wildman–Crippen MR) is 122 cm³/mol. The fraction of sp³-hybridized carbons (Fsp3) is 0.120. The number of aromatic nitrogens is 3. The number of hydrogen-bond donors (Lipinski definition) is 1. The van der Waals surface area contributed by atoms with Gasteiger partial charge >= 0.3 is 5.97 Å². The molecule has 0 fully saturated rings. The van der Waals surface area contributed by atoms with Gasteiger partial charge in [-0.3, -0.25) is 4.79 Å². The van der Waals surface area contributed by atoms with E-state index in [1.54, 1.807) is 23.7 Å². The monoisotopic (exact) mass is 440 g/mol. The van der Waals surface area contributed by atoms with Crippen LogP contribution in [0.5, 0.6) is 0 Å². The molecular weight excluding hydrogens is 420 g/mol. The van der Waals surface area contributed by atoms with E-state index in [-0.39, 0.29) is 24.8 Å². The van der Waals surface area contributed by atoms with Crippen LogP contribution in [0, 0.1) is 0 Å². The van der Waals surface area contributed by atoms with Crippen LogP contribution in [0.25, 0.3) is 27.9 Å². The van der Waals surface area contributed by atoms with Crippen molar-refractivity contribution in [2.75, 3.05) is 6.61 Å². The summed E-state index contributed by atoms with van der Waals surface area (Å²) >= 11 is 0. The molecule has 0 saturated carbocycles. The van der Waals surface area contributed by atoms with Gasteiger partial charge in [-0.15, -0.1) is 0 Å². The number of carbonyl (C=O) groups is 2. The Bertz CT molecular complexity index is 1470. The van der Waals surface area contributed by atoms with E-state index < -0.39 is 5.97 Å². The number of furan rings is 1. The summed E-state index contributed by atoms with van der Waals surface area (Å²) in [4.78, 5) is 29.8. The Morgan fingerprint density at radius 1 is 1.06 bits per heavy atom. The molecule has 3 aromatic heterocycles. The molecule has 2 aromatic carbocycles. The molecule has 5 aromatic rings. The van der Waals surface area contributed by atoms with Crippen molar-refractivity contribution in [3.8, 4) is 11.3 Å². The zero-order chi connectivity index (χ0) is 22.8. The standard InChI is InChI=1S/C25H20N4O4/c1-2-32-25(31)22-18(17-10-6-7-11-21(17)33-22)14-27-24(30)19-15-28-29-20(12-13-26-23(19)29)16-8-4-3-5-9-16/h3-13,15H,2,14H2,1H3,(H,27,30). The number of benzene rings is 2. The Morgan fingerprint density at radius 3 is 2.67 bits per heavy atom. The number of esters is 1. The number of fused-ring (bicyclic) bond motifs is 2. The quantitative estimate of drug-likeness (QED) is 0.397. The molecule has 0 aliphatic rings. The molecular formula is C25H20N4O4. The topological polar surface area (TPSA) is 98.7 Å². The molecule has 0 aliphatic carbocycles. The highest BCUT2D eigenvalue weighted by molar-refractivity contribution is 6.01. The number of carbonyl (C=O) groups excluding carboxylic acids is 2. The number of para-hydroxylation sites is 1. The molecule has 0 aliphatic heterocycles. The van der Waals surface area contributed by atoms with Crippen LogP contribution in [0.15, 0.2) is 77.5 Å². The van der Waals surface area contributed by atoms with Crippen molar-refractivity contribution >= 4 is 28.5 Å². The Balaban J connectivity index is 1.45. The molecule has 1 amide bonds. The van der Waals surface area contributed by atoms with Crippen molar-refractivity contribution in [1.29, 1.82) is 0 Å². The predicted octanol–water partition coefficient (Wildman–Crippen LogP) is 4.25. The van der Waals surface area contributed by atoms with Gasteiger partial charge in [0, 0.05) is 29.3 Å². The molecule has 0 bridgehead atoms. The van der Waals surface area contributed by atoms with Crippen LogP contribution >= 0.6 is 0 Å². The summed E-state index contributed by atoms with van der Waals surface area (Å²) in [6, 6.07) is 18.9. The van der Waals surface area contributed by atoms with Gasteiger partial charge in [0.05, 0.1) is 18.5 Å². The van der Waals surface area contributed by atoms with Crippen molar-refractivity contribution in [3.05, 3.63) is 89.9 Å². The third-order valence-corrected chi connectivity index (χ3v) is 5.30. The van der Waals surface area contributed by atoms with E-state index in [1.165, 1.54) is 6.20 Å². The van der Waals surface area contributed by atoms with Crippen LogP contribution in [0.1, 0.15) is 33.4 Å². The van der Waals surface area contributed by atoms with E-state index in [4.69, 9.17) is 9.15 Å². The first-order valence-electron chi connectivity index (χ1n) is 10.5. The maximum absolute atomic E-state index is 13.1. The molecule has 8 heteroatoms. The Morgan fingerprint density at radius 2 is 1.85 bits per heavy atom. The summed E-state index contributed by atoms with van der Waals surface area (Å²) in [6.07, 6.45) is 3.14. The summed E-state index contributed by atoms with van der Waals surface area (Å²) in [6.45, 7) is 2.03. The van der Waals surface area contributed by atoms with E-state index in [0.29, 0.717) is 22.4 Å². The van der Waals surface area contributed by atoms with Crippen LogP contribution in [-0.2, 0) is 11.3 Å². The smallest absolute Gasteiger partial charge is 0.374 e. The molecule has 0 spiro atoms. The molecule has 164 valence electrons. The summed E-state index contributed by atoms with van der Waals surface area (Å²) in [5.41, 5.74) is 3.67. The van der Waals surface area contributed by atoms with Crippen molar-refractivity contribution in [3.63, 3.8) is 0 Å². The van der Waals surface area contributed by atoms with Gasteiger partial charge in [-0.1, -0.05) is 48.5 Å². The number of hydrogen-bond acceptors (Lipinski definition) is 6. The van der Waals surface area contributed by atoms with E-state index in [0.717, 1.165) is 16.6 Å². The molecule has 33 heavy (non-hydrogen) atoms. The first-order chi connectivity index (χ1) is 16.2. The highest BCUT2D eigenvalue weighted by atomic mass is 16.5. The largest absolute Gasteiger partial charge is 0.460 e. The minimum Gasteiger partial charge on any atom is -0.460 e. The molecule has 0 radical (unpaired) electrons. The van der Waals surface area contributed by atoms with E-state index in [2.05, 4.69) is 15.4 Å². The summed E-state index contributed by atoms with van der Waals surface area (Å²) in [5.74, 6) is -0.839. The highest BCUT2D eigenvalue weighted by Crippen LogP contribution is 2.27. The SMILES string of the molecule is CCOC(=O)c1oc2ccccc2c1CNC(=O)c1cnn2c(-c3ccccc3)ccnc12. The minimum absolute atomic E-state index is 0.0830. The van der Waals surface area contributed by atoms with Gasteiger partial charge in [-0.25, -0.2) is 14.3 Å². The summed E-state index contributed by atoms with van der Waals surface area (Å²) < 4.78 is 12.5. The lowest BCUT2D eigenvalue weighted by molar-refractivity contribution is 0.0490. The van der Waals surface area contributed by atoms with Crippen molar-refractivity contribution in [1.82, 2.24) is 19.9 Å². The van der Waals surface area contributed by atoms with Crippen LogP contribution in [0.3, 0.4) is 0 Å². The molecule has 5 rings (SSSR count). The van der Waals surface area contributed by atoms with Gasteiger partial charge < -0.3 is 14.5 Å². The summed E-state index contributed by atoms with van der Waals surface area (Å²) in [7, 11) is 0. The van der Waals surface area contributed by atoms with Crippen molar-refractivity contribution in [2.45, 2.75) is 13.5 Å². The van der Waals surface area contributed by atoms with Gasteiger partial charge in [0.1, 0.15) is 11.1 Å². The zero-order valence-electron chi connectivity index (χ0n) is 17.8. The number of nitrogens with one attached hydrogen (secondary N) is 1. The number of ether oxygens (including phenoxy) is 1. The second kappa shape index (κ2) is 8.58. The van der Waals surface area contributed by atoms with E-state index >= 15 is 0 Å². The summed E-state index contributed by atoms with van der Waals surface area (Å²) in [5, 5.41) is 7.99. The fourth-order valence-corrected chi connectivity index (χ4v) is 3.78. The van der Waals surface area contributed by atoms with Gasteiger partial charge in [0.15, 0.2) is 5.65 Å². The third-order valence-electron chi connectivity index (χ3n) is 5.30. The molecule has 0 unspecified atom stereocenters. The lowest BCUT2D eigenvalue weighted by Crippen LogP contribution is -2.24. The lowest BCUT2D eigenvalue weighted by Gasteiger charge is -2.07. The van der Waals surface area contributed by atoms with Gasteiger partial charge in [-0.2, -0.15) is 5.10 Å². The Kier molecular flexibility index (Phi) is 5.32. The minimum atomic E-state index is -0.567. The van der Waals surface area contributed by atoms with Crippen molar-refractivity contribution < 1.29 is 18.7 Å². The second-order valence-corrected chi connectivity index (χ2v) is 7.30. The van der Waals surface area contributed by atoms with Crippen LogP contribution in [0.4, 0.5) is 0 Å². The first kappa shape index (κ1) is 20.4. The third kappa shape index (κ3) is 3.71. The normalized spacial score (nSPS) is 11.1. The molecule has 1 N–H and O–H groups in total. The number of rotatable bonds is 6. The van der Waals surface area contributed by atoms with Crippen LogP contribution in [-0.4, -0.2) is 33.1 Å². The highest BCUT2D eigenvalue weighted by Gasteiger charge is 2.23. The van der Waals surface area contributed by atoms with Crippen molar-refractivity contribution in [2.24, 2.45) is 0 Å². The Hall–Kier alpha value is -4.46. The molecule has 8 nitrogen and oxygen atoms in total. The van der Waals surface area contributed by atoms with Crippen LogP contribution in [0.2, 0.25) is 0 Å². The average Bonchev–Trinajstić information content (AvgIpc) is 3.45. The maximum Gasteiger partial charge on any atom is 0.374 e. The van der Waals surface area contributed by atoms with Gasteiger partial charge in [-0.05, 0) is 19.1 Å². The van der Waals surface area contributed by atoms with Gasteiger partial charge in [0.25, 0.3) is 5.91 Å². The number of amides is 1. The molecule has 0 atom stereocenters. The first-order valence-corrected chi connectivity index (χ1v) is 10.5. The average molecular weight is 440 g/mol.